The number of nitrogens with one attached hydrogen (secondary N) is 1. The Kier molecular flexibility index (Phi) is 4.87. The van der Waals surface area contributed by atoms with Crippen molar-refractivity contribution >= 4 is 45.8 Å². The van der Waals surface area contributed by atoms with E-state index in [1.807, 2.05) is 44.3 Å². The maximum atomic E-state index is 12.9. The van der Waals surface area contributed by atoms with Crippen LogP contribution in [0.15, 0.2) is 36.7 Å². The van der Waals surface area contributed by atoms with Crippen LogP contribution in [0.1, 0.15) is 12.5 Å². The average molecular weight is 454 g/mol. The topological polar surface area (TPSA) is 79.8 Å². The van der Waals surface area contributed by atoms with Crippen molar-refractivity contribution in [3.05, 3.63) is 47.2 Å². The summed E-state index contributed by atoms with van der Waals surface area (Å²) in [5.41, 5.74) is 2.59. The van der Waals surface area contributed by atoms with Crippen LogP contribution in [-0.2, 0) is 4.74 Å². The van der Waals surface area contributed by atoms with Crippen molar-refractivity contribution in [2.75, 3.05) is 37.5 Å². The molecule has 2 fully saturated rings. The third kappa shape index (κ3) is 3.13. The molecular formula is C23H24ClN5O3. The molecule has 1 spiro atoms. The van der Waals surface area contributed by atoms with E-state index in [0.29, 0.717) is 40.9 Å². The fourth-order valence-corrected chi connectivity index (χ4v) is 4.65. The molecule has 0 saturated carbocycles. The van der Waals surface area contributed by atoms with E-state index in [0.717, 1.165) is 16.6 Å². The van der Waals surface area contributed by atoms with Crippen molar-refractivity contribution in [1.82, 2.24) is 14.9 Å². The number of hydrogen-bond acceptors (Lipinski definition) is 7. The minimum atomic E-state index is -0.502. The summed E-state index contributed by atoms with van der Waals surface area (Å²) in [6, 6.07) is 9.51. The summed E-state index contributed by atoms with van der Waals surface area (Å²) >= 11 is 6.28. The molecule has 5 rings (SSSR count). The summed E-state index contributed by atoms with van der Waals surface area (Å²) in [6.45, 7) is 5.18. The smallest absolute Gasteiger partial charge is 0.415 e. The van der Waals surface area contributed by atoms with Gasteiger partial charge in [-0.3, -0.25) is 9.80 Å². The first-order valence-electron chi connectivity index (χ1n) is 10.4. The van der Waals surface area contributed by atoms with Crippen LogP contribution in [0.5, 0.6) is 5.75 Å². The van der Waals surface area contributed by atoms with Gasteiger partial charge in [-0.15, -0.1) is 0 Å². The highest BCUT2D eigenvalue weighted by Crippen LogP contribution is 2.43. The summed E-state index contributed by atoms with van der Waals surface area (Å²) in [5, 5.41) is 4.78. The van der Waals surface area contributed by atoms with Gasteiger partial charge < -0.3 is 14.8 Å². The molecule has 2 saturated heterocycles. The van der Waals surface area contributed by atoms with E-state index in [1.165, 1.54) is 6.33 Å². The molecule has 1 aromatic heterocycles. The molecule has 0 bridgehead atoms. The molecule has 1 amide bonds. The van der Waals surface area contributed by atoms with Gasteiger partial charge in [0.1, 0.15) is 17.9 Å². The van der Waals surface area contributed by atoms with E-state index >= 15 is 0 Å². The number of fused-ring (bicyclic) bond motifs is 1. The molecular weight excluding hydrogens is 430 g/mol. The second kappa shape index (κ2) is 7.50. The molecule has 0 aliphatic carbocycles. The first kappa shape index (κ1) is 20.8. The lowest BCUT2D eigenvalue weighted by atomic mass is 9.85. The van der Waals surface area contributed by atoms with Gasteiger partial charge in [0.2, 0.25) is 0 Å². The molecule has 0 radical (unpaired) electrons. The molecule has 9 heteroatoms. The number of anilines is 3. The number of likely N-dealkylation sites (N-methyl/N-ethyl adjacent to an activating group) is 1. The largest absolute Gasteiger partial charge is 0.494 e. The zero-order chi connectivity index (χ0) is 22.6. The van der Waals surface area contributed by atoms with Gasteiger partial charge in [-0.25, -0.2) is 14.8 Å². The van der Waals surface area contributed by atoms with Crippen LogP contribution >= 0.6 is 11.6 Å². The van der Waals surface area contributed by atoms with Gasteiger partial charge in [0.15, 0.2) is 5.60 Å². The highest BCUT2D eigenvalue weighted by molar-refractivity contribution is 6.31. The molecule has 2 unspecified atom stereocenters. The number of ether oxygens (including phenoxy) is 2. The minimum Gasteiger partial charge on any atom is -0.494 e. The molecule has 2 atom stereocenters. The zero-order valence-electron chi connectivity index (χ0n) is 18.3. The third-order valence-electron chi connectivity index (χ3n) is 6.62. The standard InChI is InChI=1S/C23H24ClN5O3/c1-13-16(24)6-5-7-17(13)27-21-15-8-19(20(31-4)9-18(15)25-12-26-21)29-11-23(32-22(29)30)10-28(3)14(23)2/h5-9,12,14H,10-11H2,1-4H3,(H,25,26,27). The van der Waals surface area contributed by atoms with E-state index in [4.69, 9.17) is 21.1 Å². The number of methoxy groups -OCH3 is 1. The summed E-state index contributed by atoms with van der Waals surface area (Å²) < 4.78 is 11.4. The van der Waals surface area contributed by atoms with Gasteiger partial charge >= 0.3 is 6.09 Å². The molecule has 3 heterocycles. The Hall–Kier alpha value is -3.10. The van der Waals surface area contributed by atoms with Crippen LogP contribution in [0.2, 0.25) is 5.02 Å². The minimum absolute atomic E-state index is 0.147. The van der Waals surface area contributed by atoms with Crippen molar-refractivity contribution in [3.8, 4) is 5.75 Å². The van der Waals surface area contributed by atoms with Crippen molar-refractivity contribution < 1.29 is 14.3 Å². The van der Waals surface area contributed by atoms with Crippen LogP contribution in [0.25, 0.3) is 10.9 Å². The molecule has 2 aliphatic rings. The van der Waals surface area contributed by atoms with Crippen molar-refractivity contribution in [1.29, 1.82) is 0 Å². The molecule has 8 nitrogen and oxygen atoms in total. The number of carbonyl (C=O) groups is 1. The Labute approximate surface area is 191 Å². The summed E-state index contributed by atoms with van der Waals surface area (Å²) in [7, 11) is 3.60. The Bertz CT molecular complexity index is 1240. The van der Waals surface area contributed by atoms with E-state index in [-0.39, 0.29) is 12.1 Å². The lowest BCUT2D eigenvalue weighted by Gasteiger charge is -2.50. The quantitative estimate of drug-likeness (QED) is 0.628. The number of carbonyl (C=O) groups excluding carboxylic acids is 1. The number of hydrogen-bond donors (Lipinski definition) is 1. The Balaban J connectivity index is 1.57. The second-order valence-corrected chi connectivity index (χ2v) is 8.82. The molecule has 166 valence electrons. The van der Waals surface area contributed by atoms with E-state index in [1.54, 1.807) is 12.0 Å². The number of amides is 1. The maximum absolute atomic E-state index is 12.9. The molecule has 2 aliphatic heterocycles. The van der Waals surface area contributed by atoms with Crippen LogP contribution < -0.4 is 15.0 Å². The van der Waals surface area contributed by atoms with Gasteiger partial charge in [0.05, 0.1) is 24.9 Å². The second-order valence-electron chi connectivity index (χ2n) is 8.41. The highest BCUT2D eigenvalue weighted by atomic mass is 35.5. The van der Waals surface area contributed by atoms with Crippen LogP contribution in [0.4, 0.5) is 22.0 Å². The number of likely N-dealkylation sites (tertiary alicyclic amines) is 1. The SMILES string of the molecule is COc1cc2ncnc(Nc3cccc(Cl)c3C)c2cc1N1CC2(CN(C)C2C)OC1=O. The summed E-state index contributed by atoms with van der Waals surface area (Å²) in [4.78, 5) is 25.5. The first-order valence-corrected chi connectivity index (χ1v) is 10.8. The van der Waals surface area contributed by atoms with Gasteiger partial charge in [-0.05, 0) is 44.7 Å². The van der Waals surface area contributed by atoms with Crippen LogP contribution in [0, 0.1) is 6.92 Å². The van der Waals surface area contributed by atoms with E-state index in [9.17, 15) is 4.79 Å². The number of benzene rings is 2. The van der Waals surface area contributed by atoms with Gasteiger partial charge in [-0.1, -0.05) is 17.7 Å². The summed E-state index contributed by atoms with van der Waals surface area (Å²) in [6.07, 6.45) is 1.12. The van der Waals surface area contributed by atoms with E-state index < -0.39 is 5.60 Å². The molecule has 1 N–H and O–H groups in total. The maximum Gasteiger partial charge on any atom is 0.415 e. The average Bonchev–Trinajstić information content (AvgIpc) is 3.14. The number of aromatic nitrogens is 2. The molecule has 32 heavy (non-hydrogen) atoms. The Morgan fingerprint density at radius 2 is 2.09 bits per heavy atom. The normalized spacial score (nSPS) is 22.8. The van der Waals surface area contributed by atoms with Crippen LogP contribution in [-0.4, -0.2) is 59.9 Å². The van der Waals surface area contributed by atoms with E-state index in [2.05, 4.69) is 27.1 Å². The van der Waals surface area contributed by atoms with Gasteiger partial charge in [0, 0.05) is 34.7 Å². The van der Waals surface area contributed by atoms with Crippen molar-refractivity contribution in [2.45, 2.75) is 25.5 Å². The van der Waals surface area contributed by atoms with Crippen molar-refractivity contribution in [3.63, 3.8) is 0 Å². The number of nitrogens with zero attached hydrogens (tertiary/aromatic N) is 4. The van der Waals surface area contributed by atoms with Crippen molar-refractivity contribution in [2.24, 2.45) is 0 Å². The highest BCUT2D eigenvalue weighted by Gasteiger charge is 2.58. The fraction of sp³-hybridized carbons (Fsp3) is 0.348. The first-order chi connectivity index (χ1) is 15.3. The monoisotopic (exact) mass is 453 g/mol. The lowest BCUT2D eigenvalue weighted by molar-refractivity contribution is -0.108. The number of rotatable bonds is 4. The Morgan fingerprint density at radius 3 is 2.81 bits per heavy atom. The van der Waals surface area contributed by atoms with Crippen LogP contribution in [0.3, 0.4) is 0 Å². The Morgan fingerprint density at radius 1 is 1.28 bits per heavy atom. The fourth-order valence-electron chi connectivity index (χ4n) is 4.47. The predicted octanol–water partition coefficient (Wildman–Crippen LogP) is 4.37. The van der Waals surface area contributed by atoms with Gasteiger partial charge in [0.25, 0.3) is 0 Å². The molecule has 2 aromatic carbocycles. The third-order valence-corrected chi connectivity index (χ3v) is 7.03. The summed E-state index contributed by atoms with van der Waals surface area (Å²) in [5.74, 6) is 1.17. The lowest BCUT2D eigenvalue weighted by Crippen LogP contribution is -2.68. The van der Waals surface area contributed by atoms with Gasteiger partial charge in [-0.2, -0.15) is 0 Å². The molecule has 3 aromatic rings. The number of halogens is 1. The predicted molar refractivity (Wildman–Crippen MR) is 124 cm³/mol. The zero-order valence-corrected chi connectivity index (χ0v) is 19.1.